The Morgan fingerprint density at radius 3 is 2.38 bits per heavy atom. The molecule has 0 amide bonds. The molecule has 2 heteroatoms. The van der Waals surface area contributed by atoms with Crippen molar-refractivity contribution in [3.8, 4) is 0 Å². The third-order valence-corrected chi connectivity index (χ3v) is 3.42. The van der Waals surface area contributed by atoms with Crippen LogP contribution in [0, 0.1) is 0 Å². The highest BCUT2D eigenvalue weighted by atomic mass is 16.5. The van der Waals surface area contributed by atoms with Gasteiger partial charge in [0.2, 0.25) is 0 Å². The summed E-state index contributed by atoms with van der Waals surface area (Å²) in [6.45, 7) is 9.19. The smallest absolute Gasteiger partial charge is 0.0719 e. The zero-order valence-corrected chi connectivity index (χ0v) is 12.6. The van der Waals surface area contributed by atoms with Crippen LogP contribution in [-0.2, 0) is 17.9 Å². The molecule has 0 heterocycles. The first-order valence-corrected chi connectivity index (χ1v) is 7.39. The maximum Gasteiger partial charge on any atom is 0.0719 e. The first kappa shape index (κ1) is 15.5. The maximum atomic E-state index is 5.51. The number of hydrogen-bond donors (Lipinski definition) is 1. The summed E-state index contributed by atoms with van der Waals surface area (Å²) < 4.78 is 5.51. The van der Waals surface area contributed by atoms with Crippen molar-refractivity contribution in [2.24, 2.45) is 0 Å². The molecule has 0 aliphatic heterocycles. The van der Waals surface area contributed by atoms with E-state index in [4.69, 9.17) is 4.74 Å². The van der Waals surface area contributed by atoms with Gasteiger partial charge in [0, 0.05) is 19.7 Å². The van der Waals surface area contributed by atoms with Crippen molar-refractivity contribution in [1.29, 1.82) is 0 Å². The molecule has 0 saturated carbocycles. The van der Waals surface area contributed by atoms with Crippen molar-refractivity contribution < 1.29 is 4.74 Å². The van der Waals surface area contributed by atoms with Gasteiger partial charge in [-0.05, 0) is 29.2 Å². The Morgan fingerprint density at radius 2 is 1.67 bits per heavy atom. The zero-order chi connectivity index (χ0) is 14.9. The van der Waals surface area contributed by atoms with E-state index in [1.807, 2.05) is 25.1 Å². The van der Waals surface area contributed by atoms with Gasteiger partial charge in [-0.3, -0.25) is 0 Å². The van der Waals surface area contributed by atoms with Crippen LogP contribution in [0.2, 0.25) is 0 Å². The van der Waals surface area contributed by atoms with Crippen molar-refractivity contribution in [2.75, 3.05) is 13.2 Å². The van der Waals surface area contributed by atoms with Crippen molar-refractivity contribution in [3.05, 3.63) is 77.9 Å². The van der Waals surface area contributed by atoms with Crippen LogP contribution in [-0.4, -0.2) is 13.2 Å². The first-order valence-electron chi connectivity index (χ1n) is 7.39. The molecule has 0 saturated heterocycles. The van der Waals surface area contributed by atoms with Gasteiger partial charge in [0.15, 0.2) is 0 Å². The van der Waals surface area contributed by atoms with E-state index in [0.717, 1.165) is 25.3 Å². The predicted molar refractivity (Wildman–Crippen MR) is 89.0 cm³/mol. The van der Waals surface area contributed by atoms with Gasteiger partial charge >= 0.3 is 0 Å². The molecule has 2 aromatic carbocycles. The summed E-state index contributed by atoms with van der Waals surface area (Å²) in [6.07, 6.45) is 0. The lowest BCUT2D eigenvalue weighted by atomic mass is 10.1. The first-order chi connectivity index (χ1) is 10.3. The minimum atomic E-state index is 0.675. The highest BCUT2D eigenvalue weighted by Gasteiger charge is 2.02. The molecule has 0 radical (unpaired) electrons. The second kappa shape index (κ2) is 8.40. The third-order valence-electron chi connectivity index (χ3n) is 3.42. The van der Waals surface area contributed by atoms with Crippen LogP contribution in [0.5, 0.6) is 0 Å². The molecule has 0 aliphatic rings. The van der Waals surface area contributed by atoms with Crippen LogP contribution in [0.25, 0.3) is 5.57 Å². The summed E-state index contributed by atoms with van der Waals surface area (Å²) in [6, 6.07) is 18.7. The fraction of sp³-hybridized carbons (Fsp3) is 0.263. The maximum absolute atomic E-state index is 5.51. The highest BCUT2D eigenvalue weighted by Crippen LogP contribution is 2.12. The Kier molecular flexibility index (Phi) is 6.20. The van der Waals surface area contributed by atoms with Crippen molar-refractivity contribution in [1.82, 2.24) is 5.32 Å². The predicted octanol–water partition coefficient (Wildman–Crippen LogP) is 4.03. The SMILES string of the molecule is C=C(CNCc1ccccc1COCC)c1ccccc1. The van der Waals surface area contributed by atoms with Gasteiger partial charge < -0.3 is 10.1 Å². The molecular formula is C19H23NO. The average molecular weight is 281 g/mol. The molecule has 0 fully saturated rings. The molecule has 0 aromatic heterocycles. The fourth-order valence-corrected chi connectivity index (χ4v) is 2.21. The van der Waals surface area contributed by atoms with E-state index in [0.29, 0.717) is 6.61 Å². The summed E-state index contributed by atoms with van der Waals surface area (Å²) in [4.78, 5) is 0. The fourth-order valence-electron chi connectivity index (χ4n) is 2.21. The Morgan fingerprint density at radius 1 is 1.00 bits per heavy atom. The summed E-state index contributed by atoms with van der Waals surface area (Å²) in [5.41, 5.74) is 4.83. The number of benzene rings is 2. The van der Waals surface area contributed by atoms with Crippen LogP contribution in [0.15, 0.2) is 61.2 Å². The molecule has 0 bridgehead atoms. The molecule has 110 valence electrons. The Hall–Kier alpha value is -1.90. The van der Waals surface area contributed by atoms with Gasteiger partial charge in [0.05, 0.1) is 6.61 Å². The summed E-state index contributed by atoms with van der Waals surface area (Å²) in [7, 11) is 0. The average Bonchev–Trinajstić information content (AvgIpc) is 2.54. The van der Waals surface area contributed by atoms with Gasteiger partial charge in [-0.1, -0.05) is 61.2 Å². The van der Waals surface area contributed by atoms with E-state index in [9.17, 15) is 0 Å². The minimum Gasteiger partial charge on any atom is -0.377 e. The summed E-state index contributed by atoms with van der Waals surface area (Å²) in [5, 5.41) is 3.46. The topological polar surface area (TPSA) is 21.3 Å². The largest absolute Gasteiger partial charge is 0.377 e. The van der Waals surface area contributed by atoms with Crippen molar-refractivity contribution >= 4 is 5.57 Å². The summed E-state index contributed by atoms with van der Waals surface area (Å²) in [5.74, 6) is 0. The number of ether oxygens (including phenoxy) is 1. The second-order valence-electron chi connectivity index (χ2n) is 4.98. The van der Waals surface area contributed by atoms with Gasteiger partial charge in [-0.25, -0.2) is 0 Å². The van der Waals surface area contributed by atoms with Gasteiger partial charge in [0.25, 0.3) is 0 Å². The quantitative estimate of drug-likeness (QED) is 0.789. The van der Waals surface area contributed by atoms with Gasteiger partial charge in [-0.15, -0.1) is 0 Å². The van der Waals surface area contributed by atoms with E-state index >= 15 is 0 Å². The minimum absolute atomic E-state index is 0.675. The molecule has 0 spiro atoms. The van der Waals surface area contributed by atoms with Gasteiger partial charge in [-0.2, -0.15) is 0 Å². The normalized spacial score (nSPS) is 10.5. The number of nitrogens with one attached hydrogen (secondary N) is 1. The Balaban J connectivity index is 1.87. The van der Waals surface area contributed by atoms with Crippen LogP contribution in [0.1, 0.15) is 23.6 Å². The molecule has 2 nitrogen and oxygen atoms in total. The van der Waals surface area contributed by atoms with Crippen LogP contribution in [0.4, 0.5) is 0 Å². The van der Waals surface area contributed by atoms with E-state index in [2.05, 4.69) is 48.3 Å². The number of rotatable bonds is 8. The molecular weight excluding hydrogens is 258 g/mol. The zero-order valence-electron chi connectivity index (χ0n) is 12.6. The molecule has 21 heavy (non-hydrogen) atoms. The molecule has 2 rings (SSSR count). The second-order valence-corrected chi connectivity index (χ2v) is 4.98. The Labute approximate surface area is 127 Å². The van der Waals surface area contributed by atoms with E-state index in [1.165, 1.54) is 16.7 Å². The van der Waals surface area contributed by atoms with Crippen molar-refractivity contribution in [2.45, 2.75) is 20.1 Å². The van der Waals surface area contributed by atoms with Crippen LogP contribution < -0.4 is 5.32 Å². The lowest BCUT2D eigenvalue weighted by molar-refractivity contribution is 0.133. The van der Waals surface area contributed by atoms with Crippen LogP contribution >= 0.6 is 0 Å². The van der Waals surface area contributed by atoms with E-state index < -0.39 is 0 Å². The number of hydrogen-bond acceptors (Lipinski definition) is 2. The summed E-state index contributed by atoms with van der Waals surface area (Å²) >= 11 is 0. The molecule has 0 unspecified atom stereocenters. The molecule has 0 atom stereocenters. The Bertz CT molecular complexity index is 563. The lowest BCUT2D eigenvalue weighted by Gasteiger charge is -2.12. The standard InChI is InChI=1S/C19H23NO/c1-3-21-15-19-12-8-7-11-18(19)14-20-13-16(2)17-9-5-4-6-10-17/h4-12,20H,2-3,13-15H2,1H3. The van der Waals surface area contributed by atoms with Crippen LogP contribution in [0.3, 0.4) is 0 Å². The molecule has 2 aromatic rings. The highest BCUT2D eigenvalue weighted by molar-refractivity contribution is 5.64. The third kappa shape index (κ3) is 4.85. The molecule has 1 N–H and O–H groups in total. The van der Waals surface area contributed by atoms with Gasteiger partial charge in [0.1, 0.15) is 0 Å². The molecule has 0 aliphatic carbocycles. The monoisotopic (exact) mass is 281 g/mol. The van der Waals surface area contributed by atoms with Crippen molar-refractivity contribution in [3.63, 3.8) is 0 Å². The van der Waals surface area contributed by atoms with E-state index in [-0.39, 0.29) is 0 Å². The van der Waals surface area contributed by atoms with E-state index in [1.54, 1.807) is 0 Å². The lowest BCUT2D eigenvalue weighted by Crippen LogP contribution is -2.17.